The predicted molar refractivity (Wildman–Crippen MR) is 166 cm³/mol. The molecule has 5 rings (SSSR count). The molecule has 1 aromatic heterocycles. The molecule has 0 fully saturated rings. The second-order valence-corrected chi connectivity index (χ2v) is 11.0. The van der Waals surface area contributed by atoms with Gasteiger partial charge in [-0.1, -0.05) is 36.4 Å². The summed E-state index contributed by atoms with van der Waals surface area (Å²) in [7, 11) is 1.51. The zero-order valence-electron chi connectivity index (χ0n) is 25.1. The molecule has 3 aromatic carbocycles. The number of hydrogen-bond donors (Lipinski definition) is 2. The number of allylic oxidation sites excluding steroid dienone is 1. The Bertz CT molecular complexity index is 1770. The number of alkyl halides is 5. The van der Waals surface area contributed by atoms with Gasteiger partial charge < -0.3 is 24.7 Å². The second kappa shape index (κ2) is 13.5. The van der Waals surface area contributed by atoms with Gasteiger partial charge in [0.2, 0.25) is 0 Å². The number of rotatable bonds is 11. The van der Waals surface area contributed by atoms with Crippen LogP contribution < -0.4 is 14.8 Å². The van der Waals surface area contributed by atoms with Crippen molar-refractivity contribution in [1.82, 2.24) is 9.88 Å². The van der Waals surface area contributed by atoms with E-state index in [4.69, 9.17) is 9.47 Å². The number of halogens is 5. The van der Waals surface area contributed by atoms with E-state index in [1.807, 2.05) is 48.7 Å². The molecule has 0 saturated carbocycles. The third-order valence-corrected chi connectivity index (χ3v) is 7.53. The van der Waals surface area contributed by atoms with Crippen molar-refractivity contribution in [3.63, 3.8) is 0 Å². The van der Waals surface area contributed by atoms with Crippen molar-refractivity contribution < 1.29 is 36.2 Å². The summed E-state index contributed by atoms with van der Waals surface area (Å²) in [5.74, 6) is -2.63. The first kappa shape index (κ1) is 32.4. The number of amides is 2. The fourth-order valence-corrected chi connectivity index (χ4v) is 5.10. The summed E-state index contributed by atoms with van der Waals surface area (Å²) >= 11 is 0. The highest BCUT2D eigenvalue weighted by Crippen LogP contribution is 2.37. The Kier molecular flexibility index (Phi) is 9.53. The summed E-state index contributed by atoms with van der Waals surface area (Å²) in [5.41, 5.74) is 2.98. The van der Waals surface area contributed by atoms with Crippen LogP contribution in [0.4, 0.5) is 32.4 Å². The van der Waals surface area contributed by atoms with Crippen molar-refractivity contribution in [2.45, 2.75) is 32.0 Å². The first-order chi connectivity index (χ1) is 21.9. The van der Waals surface area contributed by atoms with Gasteiger partial charge in [-0.05, 0) is 66.1 Å². The molecule has 1 aliphatic rings. The molecule has 1 unspecified atom stereocenters. The molecule has 2 amide bonds. The molecule has 1 atom stereocenters. The third kappa shape index (κ3) is 7.97. The normalized spacial score (nSPS) is 14.5. The van der Waals surface area contributed by atoms with Gasteiger partial charge in [0.25, 0.3) is 5.92 Å². The number of anilines is 1. The molecule has 6 nitrogen and oxygen atoms in total. The molecule has 1 aliphatic carbocycles. The number of ether oxygens (including phenoxy) is 2. The smallest absolute Gasteiger partial charge is 0.416 e. The quantitative estimate of drug-likeness (QED) is 0.128. The summed E-state index contributed by atoms with van der Waals surface area (Å²) in [5, 5.41) is 3.40. The first-order valence-corrected chi connectivity index (χ1v) is 14.5. The van der Waals surface area contributed by atoms with E-state index in [0.717, 1.165) is 22.5 Å². The van der Waals surface area contributed by atoms with E-state index in [2.05, 4.69) is 16.0 Å². The summed E-state index contributed by atoms with van der Waals surface area (Å²) in [6, 6.07) is 14.0. The zero-order chi connectivity index (χ0) is 32.9. The number of benzene rings is 3. The number of aromatic amines is 1. The second-order valence-electron chi connectivity index (χ2n) is 11.0. The first-order valence-electron chi connectivity index (χ1n) is 14.5. The average molecular weight is 638 g/mol. The number of hydrogen-bond acceptors (Lipinski definition) is 3. The number of H-pyrrole nitrogens is 1. The van der Waals surface area contributed by atoms with Crippen molar-refractivity contribution in [3.8, 4) is 11.5 Å². The van der Waals surface area contributed by atoms with E-state index in [-0.39, 0.29) is 19.0 Å². The number of fused-ring (bicyclic) bond motifs is 1. The minimum absolute atomic E-state index is 0.00432. The Hall–Kier alpha value is -5.02. The highest BCUT2D eigenvalue weighted by Gasteiger charge is 2.35. The lowest BCUT2D eigenvalue weighted by atomic mass is 10.0. The number of aromatic nitrogens is 1. The summed E-state index contributed by atoms with van der Waals surface area (Å²) < 4.78 is 80.6. The molecule has 0 bridgehead atoms. The van der Waals surface area contributed by atoms with E-state index in [1.165, 1.54) is 12.0 Å². The maximum Gasteiger partial charge on any atom is 0.416 e. The summed E-state index contributed by atoms with van der Waals surface area (Å²) in [6.45, 7) is 1.02. The molecule has 240 valence electrons. The Labute approximate surface area is 262 Å². The van der Waals surface area contributed by atoms with Gasteiger partial charge in [0.15, 0.2) is 11.5 Å². The lowest BCUT2D eigenvalue weighted by molar-refractivity contribution is -0.137. The number of para-hydroxylation sites is 1. The zero-order valence-corrected chi connectivity index (χ0v) is 25.1. The molecule has 46 heavy (non-hydrogen) atoms. The fraction of sp³-hybridized carbons (Fsp3) is 0.257. The van der Waals surface area contributed by atoms with Gasteiger partial charge in [0.05, 0.1) is 19.3 Å². The maximum atomic E-state index is 14.1. The van der Waals surface area contributed by atoms with Crippen LogP contribution in [0.25, 0.3) is 10.9 Å². The fourth-order valence-electron chi connectivity index (χ4n) is 5.10. The Morgan fingerprint density at radius 3 is 2.52 bits per heavy atom. The van der Waals surface area contributed by atoms with Crippen LogP contribution in [0.1, 0.15) is 29.2 Å². The lowest BCUT2D eigenvalue weighted by Crippen LogP contribution is -2.36. The highest BCUT2D eigenvalue weighted by atomic mass is 19.4. The van der Waals surface area contributed by atoms with Crippen LogP contribution >= 0.6 is 0 Å². The lowest BCUT2D eigenvalue weighted by Gasteiger charge is -2.25. The SMILES string of the molecule is COc1ccc(CN(CCc2c[nH]c3ccccc23)C(=O)Nc2cc(C(C)(F)F)cc(C(F)(F)F)c2)cc1OCC1C=C=CC=C1. The summed E-state index contributed by atoms with van der Waals surface area (Å²) in [4.78, 5) is 18.3. The van der Waals surface area contributed by atoms with Crippen molar-refractivity contribution in [1.29, 1.82) is 0 Å². The highest BCUT2D eigenvalue weighted by molar-refractivity contribution is 5.90. The molecule has 4 aromatic rings. The Morgan fingerprint density at radius 1 is 1.02 bits per heavy atom. The summed E-state index contributed by atoms with van der Waals surface area (Å²) in [6.07, 6.45) is 4.87. The monoisotopic (exact) mass is 637 g/mol. The van der Waals surface area contributed by atoms with E-state index < -0.39 is 34.9 Å². The Morgan fingerprint density at radius 2 is 1.80 bits per heavy atom. The van der Waals surface area contributed by atoms with E-state index in [0.29, 0.717) is 49.1 Å². The van der Waals surface area contributed by atoms with Crippen LogP contribution in [-0.4, -0.2) is 36.2 Å². The number of urea groups is 1. The van der Waals surface area contributed by atoms with Crippen LogP contribution in [0, 0.1) is 5.92 Å². The van der Waals surface area contributed by atoms with Crippen molar-refractivity contribution in [2.24, 2.45) is 5.92 Å². The minimum Gasteiger partial charge on any atom is -0.493 e. The molecule has 0 radical (unpaired) electrons. The largest absolute Gasteiger partial charge is 0.493 e. The van der Waals surface area contributed by atoms with Crippen LogP contribution in [-0.2, 0) is 25.1 Å². The molecular formula is C35H32F5N3O3. The van der Waals surface area contributed by atoms with Crippen LogP contribution in [0.2, 0.25) is 0 Å². The third-order valence-electron chi connectivity index (χ3n) is 7.53. The topological polar surface area (TPSA) is 66.6 Å². The molecule has 11 heteroatoms. The molecule has 0 spiro atoms. The van der Waals surface area contributed by atoms with Gasteiger partial charge in [0, 0.05) is 54.3 Å². The average Bonchev–Trinajstić information content (AvgIpc) is 3.44. The van der Waals surface area contributed by atoms with Crippen molar-refractivity contribution in [3.05, 3.63) is 119 Å². The minimum atomic E-state index is -4.89. The predicted octanol–water partition coefficient (Wildman–Crippen LogP) is 8.86. The van der Waals surface area contributed by atoms with Crippen LogP contribution in [0.5, 0.6) is 11.5 Å². The maximum absolute atomic E-state index is 14.1. The van der Waals surface area contributed by atoms with Crippen LogP contribution in [0.15, 0.2) is 96.9 Å². The van der Waals surface area contributed by atoms with Gasteiger partial charge in [-0.15, -0.1) is 5.73 Å². The van der Waals surface area contributed by atoms with Gasteiger partial charge in [0.1, 0.15) is 0 Å². The number of carbonyl (C=O) groups is 1. The molecule has 0 saturated heterocycles. The number of carbonyl (C=O) groups excluding carboxylic acids is 1. The number of nitrogens with zero attached hydrogens (tertiary/aromatic N) is 1. The molecule has 0 aliphatic heterocycles. The van der Waals surface area contributed by atoms with Gasteiger partial charge in [-0.2, -0.15) is 13.2 Å². The molecule has 2 N–H and O–H groups in total. The van der Waals surface area contributed by atoms with Crippen LogP contribution in [0.3, 0.4) is 0 Å². The Balaban J connectivity index is 1.42. The van der Waals surface area contributed by atoms with Crippen molar-refractivity contribution >= 4 is 22.6 Å². The molecular weight excluding hydrogens is 605 g/mol. The van der Waals surface area contributed by atoms with Gasteiger partial charge >= 0.3 is 12.2 Å². The van der Waals surface area contributed by atoms with E-state index in [9.17, 15) is 26.7 Å². The number of nitrogens with one attached hydrogen (secondary N) is 2. The van der Waals surface area contributed by atoms with E-state index >= 15 is 0 Å². The number of methoxy groups -OCH3 is 1. The van der Waals surface area contributed by atoms with Gasteiger partial charge in [-0.3, -0.25) is 0 Å². The van der Waals surface area contributed by atoms with Crippen molar-refractivity contribution in [2.75, 3.05) is 25.6 Å². The van der Waals surface area contributed by atoms with E-state index in [1.54, 1.807) is 24.3 Å². The van der Waals surface area contributed by atoms with Gasteiger partial charge in [-0.25, -0.2) is 13.6 Å². The standard InChI is InChI=1S/C35H32F5N3O3/c1-34(36,37)26-17-27(35(38,39)40)19-28(18-26)42-33(44)43(15-14-25-20-41-30-11-7-6-10-29(25)30)21-24-12-13-31(45-2)32(16-24)46-22-23-8-4-3-5-9-23/h3-4,6-13,16-20,23,41H,14-15,21-22H2,1-2H3,(H,42,44). The molecule has 1 heterocycles.